The average molecular weight is 456 g/mol. The summed E-state index contributed by atoms with van der Waals surface area (Å²) in [4.78, 5) is 8.58. The topological polar surface area (TPSA) is 62.5 Å². The molecular weight excluding hydrogens is 427 g/mol. The van der Waals surface area contributed by atoms with Crippen LogP contribution >= 0.6 is 24.0 Å². The summed E-state index contributed by atoms with van der Waals surface area (Å²) >= 11 is 0. The molecule has 2 rings (SSSR count). The number of aryl methyl sites for hydroxylation is 1. The fourth-order valence-electron chi connectivity index (χ4n) is 2.44. The van der Waals surface area contributed by atoms with E-state index in [0.29, 0.717) is 18.4 Å². The fourth-order valence-corrected chi connectivity index (χ4v) is 2.44. The van der Waals surface area contributed by atoms with Crippen molar-refractivity contribution in [2.45, 2.75) is 40.2 Å². The van der Waals surface area contributed by atoms with Gasteiger partial charge in [0, 0.05) is 19.2 Å². The van der Waals surface area contributed by atoms with E-state index < -0.39 is 0 Å². The summed E-state index contributed by atoms with van der Waals surface area (Å²) in [7, 11) is 1.77. The quantitative estimate of drug-likeness (QED) is 0.369. The van der Waals surface area contributed by atoms with Gasteiger partial charge in [-0.3, -0.25) is 4.99 Å². The van der Waals surface area contributed by atoms with Crippen molar-refractivity contribution in [2.75, 3.05) is 13.6 Å². The lowest BCUT2D eigenvalue weighted by atomic mass is 10.0. The number of aromatic nitrogens is 1. The minimum absolute atomic E-state index is 0. The molecule has 1 aromatic heterocycles. The summed E-state index contributed by atoms with van der Waals surface area (Å²) in [6.07, 6.45) is 4.10. The average Bonchev–Trinajstić information content (AvgIpc) is 3.08. The van der Waals surface area contributed by atoms with Crippen LogP contribution in [-0.2, 0) is 6.54 Å². The zero-order chi connectivity index (χ0) is 17.4. The summed E-state index contributed by atoms with van der Waals surface area (Å²) in [6, 6.07) is 8.23. The number of halogens is 1. The van der Waals surface area contributed by atoms with Gasteiger partial charge in [-0.1, -0.05) is 56.5 Å². The maximum atomic E-state index is 5.82. The first-order valence-corrected chi connectivity index (χ1v) is 8.62. The van der Waals surface area contributed by atoms with Crippen LogP contribution in [0.3, 0.4) is 0 Å². The first-order valence-electron chi connectivity index (χ1n) is 8.62. The smallest absolute Gasteiger partial charge is 0.214 e. The Morgan fingerprint density at radius 1 is 1.16 bits per heavy atom. The predicted molar refractivity (Wildman–Crippen MR) is 114 cm³/mol. The van der Waals surface area contributed by atoms with Gasteiger partial charge in [0.05, 0.1) is 12.7 Å². The summed E-state index contributed by atoms with van der Waals surface area (Å²) < 4.78 is 5.82. The van der Waals surface area contributed by atoms with Gasteiger partial charge in [-0.15, -0.1) is 24.0 Å². The third-order valence-electron chi connectivity index (χ3n) is 4.23. The van der Waals surface area contributed by atoms with E-state index in [1.165, 1.54) is 18.4 Å². The highest BCUT2D eigenvalue weighted by Gasteiger charge is 2.08. The molecule has 25 heavy (non-hydrogen) atoms. The van der Waals surface area contributed by atoms with Gasteiger partial charge in [0.1, 0.15) is 0 Å². The predicted octanol–water partition coefficient (Wildman–Crippen LogP) is 4.37. The lowest BCUT2D eigenvalue weighted by molar-refractivity contribution is 0.475. The van der Waals surface area contributed by atoms with Crippen LogP contribution in [0, 0.1) is 12.8 Å². The molecule has 0 saturated heterocycles. The number of nitrogens with zero attached hydrogens (tertiary/aromatic N) is 2. The number of oxazole rings is 1. The molecule has 0 spiro atoms. The molecule has 6 heteroatoms. The van der Waals surface area contributed by atoms with Crippen molar-refractivity contribution < 1.29 is 4.42 Å². The highest BCUT2D eigenvalue weighted by Crippen LogP contribution is 2.20. The van der Waals surface area contributed by atoms with E-state index in [1.54, 1.807) is 13.2 Å². The normalized spacial score (nSPS) is 11.3. The van der Waals surface area contributed by atoms with Gasteiger partial charge >= 0.3 is 0 Å². The number of hydrogen-bond acceptors (Lipinski definition) is 3. The molecule has 0 bridgehead atoms. The Kier molecular flexibility index (Phi) is 9.55. The molecule has 0 aliphatic carbocycles. The maximum absolute atomic E-state index is 5.82. The number of rotatable bonds is 7. The number of aliphatic imine (C=N–C) groups is 1. The monoisotopic (exact) mass is 456 g/mol. The van der Waals surface area contributed by atoms with Crippen LogP contribution in [0.15, 0.2) is 39.9 Å². The summed E-state index contributed by atoms with van der Waals surface area (Å²) in [5, 5.41) is 6.60. The molecule has 2 aromatic rings. The molecule has 0 aliphatic rings. The first-order chi connectivity index (χ1) is 11.7. The molecule has 138 valence electrons. The number of hydrogen-bond donors (Lipinski definition) is 2. The molecular formula is C19H29IN4O. The molecule has 0 unspecified atom stereocenters. The van der Waals surface area contributed by atoms with Gasteiger partial charge < -0.3 is 15.1 Å². The van der Waals surface area contributed by atoms with E-state index in [-0.39, 0.29) is 24.0 Å². The summed E-state index contributed by atoms with van der Waals surface area (Å²) in [5.74, 6) is 2.87. The zero-order valence-corrected chi connectivity index (χ0v) is 17.8. The molecule has 1 heterocycles. The molecule has 0 aliphatic heterocycles. The second-order valence-electron chi connectivity index (χ2n) is 5.97. The molecule has 0 saturated carbocycles. The molecule has 1 aromatic carbocycles. The first kappa shape index (κ1) is 21.5. The summed E-state index contributed by atoms with van der Waals surface area (Å²) in [6.45, 7) is 7.93. The second-order valence-corrected chi connectivity index (χ2v) is 5.97. The Labute approximate surface area is 167 Å². The van der Waals surface area contributed by atoms with Crippen LogP contribution in [0.25, 0.3) is 11.3 Å². The van der Waals surface area contributed by atoms with Crippen molar-refractivity contribution in [3.8, 4) is 11.3 Å². The van der Waals surface area contributed by atoms with E-state index in [0.717, 1.165) is 23.8 Å². The van der Waals surface area contributed by atoms with E-state index in [2.05, 4.69) is 53.5 Å². The van der Waals surface area contributed by atoms with Crippen molar-refractivity contribution in [3.05, 3.63) is 41.9 Å². The van der Waals surface area contributed by atoms with Crippen molar-refractivity contribution in [2.24, 2.45) is 10.9 Å². The standard InChI is InChI=1S/C19H28N4O.HI/c1-5-15(6-2)11-22-19(20-4)23-13-18-21-12-17(24-18)16-9-7-14(3)8-10-16;/h7-10,12,15H,5-6,11,13H2,1-4H3,(H2,20,22,23);1H. The zero-order valence-electron chi connectivity index (χ0n) is 15.5. The van der Waals surface area contributed by atoms with Gasteiger partial charge in [-0.2, -0.15) is 0 Å². The van der Waals surface area contributed by atoms with Gasteiger partial charge in [-0.05, 0) is 12.8 Å². The van der Waals surface area contributed by atoms with Crippen LogP contribution in [0.4, 0.5) is 0 Å². The maximum Gasteiger partial charge on any atom is 0.214 e. The lowest BCUT2D eigenvalue weighted by Gasteiger charge is -2.16. The van der Waals surface area contributed by atoms with Gasteiger partial charge in [-0.25, -0.2) is 4.98 Å². The Morgan fingerprint density at radius 3 is 2.44 bits per heavy atom. The van der Waals surface area contributed by atoms with E-state index >= 15 is 0 Å². The summed E-state index contributed by atoms with van der Waals surface area (Å²) in [5.41, 5.74) is 2.27. The minimum atomic E-state index is 0. The van der Waals surface area contributed by atoms with E-state index in [4.69, 9.17) is 4.42 Å². The Hall–Kier alpha value is -1.57. The highest BCUT2D eigenvalue weighted by atomic mass is 127. The minimum Gasteiger partial charge on any atom is -0.439 e. The second kappa shape index (κ2) is 11.1. The van der Waals surface area contributed by atoms with Gasteiger partial charge in [0.25, 0.3) is 0 Å². The van der Waals surface area contributed by atoms with Crippen LogP contribution in [-0.4, -0.2) is 24.5 Å². The largest absolute Gasteiger partial charge is 0.439 e. The van der Waals surface area contributed by atoms with Crippen molar-refractivity contribution in [1.29, 1.82) is 0 Å². The number of guanidine groups is 1. The van der Waals surface area contributed by atoms with Crippen molar-refractivity contribution in [3.63, 3.8) is 0 Å². The number of nitrogens with one attached hydrogen (secondary N) is 2. The van der Waals surface area contributed by atoms with Gasteiger partial charge in [0.15, 0.2) is 11.7 Å². The molecule has 0 atom stereocenters. The van der Waals surface area contributed by atoms with E-state index in [9.17, 15) is 0 Å². The molecule has 0 fully saturated rings. The molecule has 0 amide bonds. The van der Waals surface area contributed by atoms with Crippen molar-refractivity contribution >= 4 is 29.9 Å². The van der Waals surface area contributed by atoms with Gasteiger partial charge in [0.2, 0.25) is 5.89 Å². The molecule has 0 radical (unpaired) electrons. The van der Waals surface area contributed by atoms with Crippen molar-refractivity contribution in [1.82, 2.24) is 15.6 Å². The fraction of sp³-hybridized carbons (Fsp3) is 0.474. The van der Waals surface area contributed by atoms with Crippen LogP contribution in [0.2, 0.25) is 0 Å². The lowest BCUT2D eigenvalue weighted by Crippen LogP contribution is -2.39. The third kappa shape index (κ3) is 6.68. The number of benzene rings is 1. The Morgan fingerprint density at radius 2 is 1.84 bits per heavy atom. The third-order valence-corrected chi connectivity index (χ3v) is 4.23. The van der Waals surface area contributed by atoms with Crippen LogP contribution < -0.4 is 10.6 Å². The van der Waals surface area contributed by atoms with Crippen LogP contribution in [0.5, 0.6) is 0 Å². The SMILES string of the molecule is CCC(CC)CNC(=NC)NCc1ncc(-c2ccc(C)cc2)o1.I. The van der Waals surface area contributed by atoms with E-state index in [1.807, 2.05) is 12.1 Å². The van der Waals surface area contributed by atoms with Crippen LogP contribution in [0.1, 0.15) is 38.1 Å². The molecule has 2 N–H and O–H groups in total. The Bertz CT molecular complexity index is 648. The highest BCUT2D eigenvalue weighted by molar-refractivity contribution is 14.0. The Balaban J connectivity index is 0.00000312. The molecule has 5 nitrogen and oxygen atoms in total.